The van der Waals surface area contributed by atoms with Crippen molar-refractivity contribution in [3.05, 3.63) is 101 Å². The molecular formula is C35H38ClN3O6. The number of carbonyl (C=O) groups is 4. The number of fused-ring (bicyclic) bond motifs is 2. The molecule has 3 aromatic carbocycles. The number of alkyl halides is 1. The van der Waals surface area contributed by atoms with Crippen LogP contribution in [0, 0.1) is 0 Å². The first-order chi connectivity index (χ1) is 21.4. The molecule has 0 saturated heterocycles. The van der Waals surface area contributed by atoms with Gasteiger partial charge < -0.3 is 20.1 Å². The van der Waals surface area contributed by atoms with E-state index in [0.29, 0.717) is 12.2 Å². The Labute approximate surface area is 268 Å². The second-order valence-corrected chi connectivity index (χ2v) is 13.0. The van der Waals surface area contributed by atoms with Crippen LogP contribution in [0.3, 0.4) is 0 Å². The zero-order chi connectivity index (χ0) is 32.3. The Morgan fingerprint density at radius 3 is 2.31 bits per heavy atom. The summed E-state index contributed by atoms with van der Waals surface area (Å²) in [6, 6.07) is 22.4. The van der Waals surface area contributed by atoms with E-state index in [1.54, 1.807) is 32.9 Å². The average Bonchev–Trinajstić information content (AvgIpc) is 3.38. The number of benzene rings is 3. The van der Waals surface area contributed by atoms with Crippen molar-refractivity contribution < 1.29 is 29.0 Å². The van der Waals surface area contributed by atoms with Gasteiger partial charge in [-0.05, 0) is 49.1 Å². The van der Waals surface area contributed by atoms with Crippen LogP contribution in [-0.4, -0.2) is 63.5 Å². The zero-order valence-electron chi connectivity index (χ0n) is 25.6. The first kappa shape index (κ1) is 32.2. The lowest BCUT2D eigenvalue weighted by Gasteiger charge is -2.37. The summed E-state index contributed by atoms with van der Waals surface area (Å²) in [6.07, 6.45) is -0.454. The van der Waals surface area contributed by atoms with Gasteiger partial charge in [0, 0.05) is 25.4 Å². The smallest absolute Gasteiger partial charge is 0.415 e. The number of carbonyl (C=O) groups excluding carboxylic acids is 3. The molecule has 2 heterocycles. The average molecular weight is 632 g/mol. The van der Waals surface area contributed by atoms with Gasteiger partial charge in [-0.2, -0.15) is 0 Å². The van der Waals surface area contributed by atoms with Gasteiger partial charge in [0.25, 0.3) is 0 Å². The highest BCUT2D eigenvalue weighted by molar-refractivity contribution is 6.22. The Hall–Kier alpha value is -4.21. The fourth-order valence-electron chi connectivity index (χ4n) is 6.16. The number of ketones is 1. The Morgan fingerprint density at radius 1 is 0.978 bits per heavy atom. The molecule has 2 unspecified atom stereocenters. The quantitative estimate of drug-likeness (QED) is 0.244. The van der Waals surface area contributed by atoms with Crippen LogP contribution < -0.4 is 10.2 Å². The van der Waals surface area contributed by atoms with E-state index in [9.17, 15) is 24.3 Å². The molecule has 0 saturated carbocycles. The first-order valence-corrected chi connectivity index (χ1v) is 15.5. The van der Waals surface area contributed by atoms with Crippen molar-refractivity contribution in [1.29, 1.82) is 0 Å². The molecule has 3 aromatic rings. The molecule has 2 amide bonds. The number of anilines is 1. The van der Waals surface area contributed by atoms with Gasteiger partial charge in [-0.15, -0.1) is 0 Å². The van der Waals surface area contributed by atoms with E-state index in [-0.39, 0.29) is 31.6 Å². The minimum absolute atomic E-state index is 0.226. The normalized spacial score (nSPS) is 19.6. The van der Waals surface area contributed by atoms with E-state index in [2.05, 4.69) is 5.32 Å². The van der Waals surface area contributed by atoms with E-state index in [1.165, 1.54) is 9.80 Å². The van der Waals surface area contributed by atoms with Crippen LogP contribution in [-0.2, 0) is 38.5 Å². The summed E-state index contributed by atoms with van der Waals surface area (Å²) in [5.41, 5.74) is 2.13. The summed E-state index contributed by atoms with van der Waals surface area (Å²) < 4.78 is 5.71. The third-order valence-corrected chi connectivity index (χ3v) is 8.52. The minimum Gasteiger partial charge on any atom is -0.481 e. The predicted octanol–water partition coefficient (Wildman–Crippen LogP) is 5.29. The number of carboxylic acids is 1. The van der Waals surface area contributed by atoms with Crippen LogP contribution in [0.1, 0.15) is 55.4 Å². The van der Waals surface area contributed by atoms with Crippen LogP contribution in [0.15, 0.2) is 78.9 Å². The molecule has 5 rings (SSSR count). The van der Waals surface area contributed by atoms with E-state index >= 15 is 0 Å². The second kappa shape index (κ2) is 13.4. The number of nitrogens with zero attached hydrogens (tertiary/aromatic N) is 2. The molecule has 2 aliphatic heterocycles. The van der Waals surface area contributed by atoms with Gasteiger partial charge in [-0.25, -0.2) is 4.79 Å². The van der Waals surface area contributed by atoms with Crippen LogP contribution in [0.25, 0.3) is 0 Å². The second-order valence-electron chi connectivity index (χ2n) is 12.5. The molecule has 2 aliphatic rings. The van der Waals surface area contributed by atoms with E-state index < -0.39 is 47.1 Å². The molecular weight excluding hydrogens is 594 g/mol. The summed E-state index contributed by atoms with van der Waals surface area (Å²) in [6.45, 7) is 5.33. The van der Waals surface area contributed by atoms with Gasteiger partial charge in [0.05, 0.1) is 24.6 Å². The van der Waals surface area contributed by atoms with E-state index in [4.69, 9.17) is 16.3 Å². The number of hydrogen-bond acceptors (Lipinski definition) is 6. The van der Waals surface area contributed by atoms with Gasteiger partial charge in [-0.1, -0.05) is 84.4 Å². The standard InChI is InChI=1S/C35H38ClN3O6/c1-35(2,3)45-34(44)39-27-16-10-8-13-23(27)18-28(39)33(43)38(30(36)17-22-11-5-4-6-12-22)21-29(40)32-25-15-9-7-14-24(25)20-37-26(32)19-31(41)42/h4-16,26,28,30,32,37H,17-21H2,1-3H3,(H,41,42)/t26-,28-,30?,32?/m1/s1. The molecule has 45 heavy (non-hydrogen) atoms. The first-order valence-electron chi connectivity index (χ1n) is 15.1. The van der Waals surface area contributed by atoms with Gasteiger partial charge in [-0.3, -0.25) is 19.3 Å². The molecule has 2 N–H and O–H groups in total. The highest BCUT2D eigenvalue weighted by atomic mass is 35.5. The topological polar surface area (TPSA) is 116 Å². The van der Waals surface area contributed by atoms with Crippen molar-refractivity contribution in [2.75, 3.05) is 11.4 Å². The number of ether oxygens (including phenoxy) is 1. The molecule has 10 heteroatoms. The van der Waals surface area contributed by atoms with Crippen molar-refractivity contribution in [1.82, 2.24) is 10.2 Å². The molecule has 0 bridgehead atoms. The number of para-hydroxylation sites is 1. The lowest BCUT2D eigenvalue weighted by atomic mass is 9.80. The molecule has 0 aliphatic carbocycles. The summed E-state index contributed by atoms with van der Waals surface area (Å²) in [4.78, 5) is 56.9. The minimum atomic E-state index is -1.03. The lowest BCUT2D eigenvalue weighted by Crippen LogP contribution is -2.55. The Kier molecular flexibility index (Phi) is 9.60. The Morgan fingerprint density at radius 2 is 1.62 bits per heavy atom. The molecule has 236 valence electrons. The van der Waals surface area contributed by atoms with Crippen LogP contribution in [0.5, 0.6) is 0 Å². The van der Waals surface area contributed by atoms with Gasteiger partial charge in [0.2, 0.25) is 5.91 Å². The number of Topliss-reactive ketones (excluding diaryl/α,β-unsaturated/α-hetero) is 1. The third kappa shape index (κ3) is 7.37. The van der Waals surface area contributed by atoms with Crippen molar-refractivity contribution in [3.63, 3.8) is 0 Å². The maximum atomic E-state index is 14.6. The monoisotopic (exact) mass is 631 g/mol. The number of carboxylic acid groups (broad SMARTS) is 1. The van der Waals surface area contributed by atoms with Crippen molar-refractivity contribution >= 4 is 41.0 Å². The van der Waals surface area contributed by atoms with Crippen molar-refractivity contribution in [2.24, 2.45) is 0 Å². The molecule has 0 aromatic heterocycles. The molecule has 0 spiro atoms. The van der Waals surface area contributed by atoms with Crippen LogP contribution in [0.2, 0.25) is 0 Å². The van der Waals surface area contributed by atoms with Crippen molar-refractivity contribution in [2.45, 2.75) is 75.7 Å². The van der Waals surface area contributed by atoms with E-state index in [1.807, 2.05) is 66.7 Å². The van der Waals surface area contributed by atoms with Crippen LogP contribution in [0.4, 0.5) is 10.5 Å². The SMILES string of the molecule is CC(C)(C)OC(=O)N1c2ccccc2C[C@@H]1C(=O)N(CC(=O)C1c2ccccc2CN[C@@H]1CC(=O)O)C(Cl)Cc1ccccc1. The maximum absolute atomic E-state index is 14.6. The summed E-state index contributed by atoms with van der Waals surface area (Å²) in [5.74, 6) is -2.68. The number of rotatable bonds is 9. The highest BCUT2D eigenvalue weighted by Gasteiger charge is 2.45. The molecule has 9 nitrogen and oxygen atoms in total. The summed E-state index contributed by atoms with van der Waals surface area (Å²) in [7, 11) is 0. The lowest BCUT2D eigenvalue weighted by molar-refractivity contribution is -0.139. The maximum Gasteiger partial charge on any atom is 0.415 e. The van der Waals surface area contributed by atoms with Crippen LogP contribution >= 0.6 is 11.6 Å². The number of hydrogen-bond donors (Lipinski definition) is 2. The fourth-order valence-corrected chi connectivity index (χ4v) is 6.51. The highest BCUT2D eigenvalue weighted by Crippen LogP contribution is 2.36. The number of aliphatic carboxylic acids is 1. The number of halogens is 1. The molecule has 0 fully saturated rings. The largest absolute Gasteiger partial charge is 0.481 e. The fraction of sp³-hybridized carbons (Fsp3) is 0.371. The summed E-state index contributed by atoms with van der Waals surface area (Å²) in [5, 5.41) is 12.9. The number of amides is 2. The van der Waals surface area contributed by atoms with E-state index in [0.717, 1.165) is 22.3 Å². The summed E-state index contributed by atoms with van der Waals surface area (Å²) >= 11 is 7.01. The molecule has 0 radical (unpaired) electrons. The Bertz CT molecular complexity index is 1570. The molecule has 4 atom stereocenters. The zero-order valence-corrected chi connectivity index (χ0v) is 26.4. The number of nitrogens with one attached hydrogen (secondary N) is 1. The van der Waals surface area contributed by atoms with Gasteiger partial charge >= 0.3 is 12.1 Å². The van der Waals surface area contributed by atoms with Crippen molar-refractivity contribution in [3.8, 4) is 0 Å². The van der Waals surface area contributed by atoms with Gasteiger partial charge in [0.15, 0.2) is 5.78 Å². The predicted molar refractivity (Wildman–Crippen MR) is 171 cm³/mol. The van der Waals surface area contributed by atoms with Gasteiger partial charge in [0.1, 0.15) is 17.1 Å². The third-order valence-electron chi connectivity index (χ3n) is 8.13. The Balaban J connectivity index is 1.50.